The van der Waals surface area contributed by atoms with Gasteiger partial charge in [-0.15, -0.1) is 10.2 Å². The van der Waals surface area contributed by atoms with E-state index >= 15 is 0 Å². The zero-order valence-electron chi connectivity index (χ0n) is 10.6. The molecule has 0 amide bonds. The number of hydrogen-bond acceptors (Lipinski definition) is 3. The summed E-state index contributed by atoms with van der Waals surface area (Å²) in [7, 11) is 0. The van der Waals surface area contributed by atoms with Crippen molar-refractivity contribution < 1.29 is 0 Å². The van der Waals surface area contributed by atoms with E-state index in [1.807, 2.05) is 12.3 Å². The normalized spacial score (nSPS) is 11.7. The lowest BCUT2D eigenvalue weighted by Gasteiger charge is -2.22. The second-order valence-corrected chi connectivity index (χ2v) is 5.15. The Morgan fingerprint density at radius 1 is 1.24 bits per heavy atom. The average molecular weight is 230 g/mol. The van der Waals surface area contributed by atoms with Crippen LogP contribution in [-0.4, -0.2) is 19.7 Å². The third-order valence-corrected chi connectivity index (χ3v) is 2.70. The lowest BCUT2D eigenvalue weighted by Crippen LogP contribution is -2.23. The molecule has 0 aliphatic carbocycles. The molecule has 0 aliphatic rings. The summed E-state index contributed by atoms with van der Waals surface area (Å²) in [6, 6.07) is 4.05. The van der Waals surface area contributed by atoms with Gasteiger partial charge in [0.15, 0.2) is 0 Å². The summed E-state index contributed by atoms with van der Waals surface area (Å²) in [5, 5.41) is 8.19. The maximum atomic E-state index is 4.19. The Kier molecular flexibility index (Phi) is 3.22. The third kappa shape index (κ3) is 2.90. The van der Waals surface area contributed by atoms with Crippen molar-refractivity contribution in [1.82, 2.24) is 19.7 Å². The van der Waals surface area contributed by atoms with Gasteiger partial charge in [-0.1, -0.05) is 6.07 Å². The van der Waals surface area contributed by atoms with Crippen molar-refractivity contribution in [2.24, 2.45) is 0 Å². The molecule has 2 rings (SSSR count). The number of nitrogens with zero attached hydrogens (tertiary/aromatic N) is 4. The Balaban J connectivity index is 2.08. The van der Waals surface area contributed by atoms with Gasteiger partial charge < -0.3 is 4.57 Å². The summed E-state index contributed by atoms with van der Waals surface area (Å²) >= 11 is 0. The minimum absolute atomic E-state index is 0.0355. The van der Waals surface area contributed by atoms with Crippen LogP contribution in [0.25, 0.3) is 0 Å². The van der Waals surface area contributed by atoms with Crippen LogP contribution in [0.4, 0.5) is 0 Å². The summed E-state index contributed by atoms with van der Waals surface area (Å²) in [4.78, 5) is 4.11. The lowest BCUT2D eigenvalue weighted by molar-refractivity contribution is 0.381. The van der Waals surface area contributed by atoms with Gasteiger partial charge in [-0.25, -0.2) is 0 Å². The van der Waals surface area contributed by atoms with E-state index in [-0.39, 0.29) is 5.54 Å². The maximum absolute atomic E-state index is 4.19. The zero-order chi connectivity index (χ0) is 12.3. The van der Waals surface area contributed by atoms with Crippen LogP contribution in [0.2, 0.25) is 0 Å². The Hall–Kier alpha value is -1.71. The van der Waals surface area contributed by atoms with E-state index in [0.29, 0.717) is 0 Å². The molecular formula is C13H18N4. The molecular weight excluding hydrogens is 212 g/mol. The Labute approximate surface area is 102 Å². The van der Waals surface area contributed by atoms with Crippen LogP contribution >= 0.6 is 0 Å². The van der Waals surface area contributed by atoms with E-state index in [0.717, 1.165) is 18.7 Å². The van der Waals surface area contributed by atoms with Gasteiger partial charge in [-0.05, 0) is 38.8 Å². The molecule has 0 unspecified atom stereocenters. The second-order valence-electron chi connectivity index (χ2n) is 5.15. The molecule has 0 bridgehead atoms. The molecule has 2 aromatic rings. The van der Waals surface area contributed by atoms with E-state index in [1.54, 1.807) is 12.5 Å². The summed E-state index contributed by atoms with van der Waals surface area (Å²) in [5.41, 5.74) is 1.27. The summed E-state index contributed by atoms with van der Waals surface area (Å²) in [6.07, 6.45) is 7.34. The average Bonchev–Trinajstić information content (AvgIpc) is 2.75. The molecule has 2 heterocycles. The minimum atomic E-state index is 0.0355. The van der Waals surface area contributed by atoms with E-state index in [1.165, 1.54) is 5.56 Å². The first-order valence-electron chi connectivity index (χ1n) is 5.85. The number of pyridine rings is 1. The number of aryl methyl sites for hydroxylation is 2. The molecule has 0 aromatic carbocycles. The van der Waals surface area contributed by atoms with E-state index in [9.17, 15) is 0 Å². The van der Waals surface area contributed by atoms with Crippen LogP contribution in [-0.2, 0) is 18.4 Å². The highest BCUT2D eigenvalue weighted by atomic mass is 15.3. The summed E-state index contributed by atoms with van der Waals surface area (Å²) < 4.78 is 2.13. The van der Waals surface area contributed by atoms with Crippen molar-refractivity contribution in [3.05, 3.63) is 42.2 Å². The molecule has 17 heavy (non-hydrogen) atoms. The largest absolute Gasteiger partial charge is 0.312 e. The number of hydrogen-bond donors (Lipinski definition) is 0. The van der Waals surface area contributed by atoms with Gasteiger partial charge in [0.2, 0.25) is 0 Å². The first-order valence-corrected chi connectivity index (χ1v) is 5.85. The first-order chi connectivity index (χ1) is 8.07. The van der Waals surface area contributed by atoms with Gasteiger partial charge >= 0.3 is 0 Å². The molecule has 2 aromatic heterocycles. The van der Waals surface area contributed by atoms with Crippen molar-refractivity contribution in [3.8, 4) is 0 Å². The van der Waals surface area contributed by atoms with Crippen molar-refractivity contribution in [2.75, 3.05) is 0 Å². The predicted molar refractivity (Wildman–Crippen MR) is 66.7 cm³/mol. The third-order valence-electron chi connectivity index (χ3n) is 2.70. The summed E-state index contributed by atoms with van der Waals surface area (Å²) in [6.45, 7) is 6.47. The topological polar surface area (TPSA) is 43.6 Å². The molecule has 0 saturated carbocycles. The van der Waals surface area contributed by atoms with Gasteiger partial charge in [-0.2, -0.15) is 0 Å². The van der Waals surface area contributed by atoms with E-state index in [4.69, 9.17) is 0 Å². The van der Waals surface area contributed by atoms with Gasteiger partial charge in [-0.3, -0.25) is 4.98 Å². The minimum Gasteiger partial charge on any atom is -0.312 e. The van der Waals surface area contributed by atoms with E-state index < -0.39 is 0 Å². The quantitative estimate of drug-likeness (QED) is 0.812. The Bertz CT molecular complexity index is 468. The highest BCUT2D eigenvalue weighted by Gasteiger charge is 2.17. The highest BCUT2D eigenvalue weighted by molar-refractivity contribution is 5.10. The van der Waals surface area contributed by atoms with Crippen molar-refractivity contribution in [2.45, 2.75) is 39.2 Å². The molecule has 4 nitrogen and oxygen atoms in total. The van der Waals surface area contributed by atoms with Crippen LogP contribution in [0.15, 0.2) is 30.9 Å². The number of aromatic nitrogens is 4. The molecule has 4 heteroatoms. The van der Waals surface area contributed by atoms with Crippen LogP contribution in [0, 0.1) is 0 Å². The maximum Gasteiger partial charge on any atom is 0.133 e. The predicted octanol–water partition coefficient (Wildman–Crippen LogP) is 2.21. The number of rotatable bonds is 3. The van der Waals surface area contributed by atoms with Gasteiger partial charge in [0.05, 0.1) is 0 Å². The van der Waals surface area contributed by atoms with Crippen LogP contribution < -0.4 is 0 Å². The van der Waals surface area contributed by atoms with E-state index in [2.05, 4.69) is 46.6 Å². The molecule has 0 fully saturated rings. The molecule has 0 spiro atoms. The smallest absolute Gasteiger partial charge is 0.133 e. The highest BCUT2D eigenvalue weighted by Crippen LogP contribution is 2.16. The molecule has 0 saturated heterocycles. The van der Waals surface area contributed by atoms with Crippen molar-refractivity contribution in [1.29, 1.82) is 0 Å². The fourth-order valence-corrected chi connectivity index (χ4v) is 1.79. The fourth-order valence-electron chi connectivity index (χ4n) is 1.79. The van der Waals surface area contributed by atoms with Gasteiger partial charge in [0, 0.05) is 24.4 Å². The van der Waals surface area contributed by atoms with Gasteiger partial charge in [0.1, 0.15) is 12.2 Å². The van der Waals surface area contributed by atoms with Crippen LogP contribution in [0.5, 0.6) is 0 Å². The lowest BCUT2D eigenvalue weighted by atomic mass is 10.1. The second kappa shape index (κ2) is 4.65. The standard InChI is InChI=1S/C13H18N4/c1-13(2,3)17-10-15-16-12(17)7-6-11-5-4-8-14-9-11/h4-5,8-10H,6-7H2,1-3H3. The van der Waals surface area contributed by atoms with Crippen molar-refractivity contribution in [3.63, 3.8) is 0 Å². The monoisotopic (exact) mass is 230 g/mol. The molecule has 0 aliphatic heterocycles. The Morgan fingerprint density at radius 2 is 2.06 bits per heavy atom. The molecule has 0 N–H and O–H groups in total. The molecule has 0 radical (unpaired) electrons. The fraction of sp³-hybridized carbons (Fsp3) is 0.462. The molecule has 0 atom stereocenters. The first kappa shape index (κ1) is 11.8. The van der Waals surface area contributed by atoms with Crippen molar-refractivity contribution >= 4 is 0 Å². The summed E-state index contributed by atoms with van der Waals surface area (Å²) in [5.74, 6) is 1.03. The zero-order valence-corrected chi connectivity index (χ0v) is 10.6. The molecule has 90 valence electrons. The van der Waals surface area contributed by atoms with Gasteiger partial charge in [0.25, 0.3) is 0 Å². The Morgan fingerprint density at radius 3 is 2.71 bits per heavy atom. The SMILES string of the molecule is CC(C)(C)n1cnnc1CCc1cccnc1. The van der Waals surface area contributed by atoms with Crippen LogP contribution in [0.3, 0.4) is 0 Å². The van der Waals surface area contributed by atoms with Crippen LogP contribution in [0.1, 0.15) is 32.2 Å².